The molecule has 0 heterocycles. The predicted molar refractivity (Wildman–Crippen MR) is 69.7 cm³/mol. The molecule has 0 bridgehead atoms. The standard InChI is InChI=1S/C14H21ClO/c1-11(2)6-5-9-14(3,16)12-7-4-8-13(15)10-12/h4,7-8,10-11,16H,5-6,9H2,1-3H3. The molecule has 90 valence electrons. The molecule has 0 amide bonds. The molecule has 1 unspecified atom stereocenters. The van der Waals surface area contributed by atoms with Gasteiger partial charge in [-0.3, -0.25) is 0 Å². The quantitative estimate of drug-likeness (QED) is 0.810. The maximum absolute atomic E-state index is 10.4. The highest BCUT2D eigenvalue weighted by atomic mass is 35.5. The van der Waals surface area contributed by atoms with Crippen molar-refractivity contribution in [3.8, 4) is 0 Å². The summed E-state index contributed by atoms with van der Waals surface area (Å²) in [6.07, 6.45) is 2.97. The Kier molecular flexibility index (Phi) is 4.82. The number of rotatable bonds is 5. The third-order valence-electron chi connectivity index (χ3n) is 2.89. The minimum atomic E-state index is -0.764. The zero-order chi connectivity index (χ0) is 12.2. The summed E-state index contributed by atoms with van der Waals surface area (Å²) in [4.78, 5) is 0. The Bertz CT molecular complexity index is 331. The Morgan fingerprint density at radius 3 is 2.62 bits per heavy atom. The Morgan fingerprint density at radius 1 is 1.38 bits per heavy atom. The maximum atomic E-state index is 10.4. The van der Waals surface area contributed by atoms with Crippen molar-refractivity contribution >= 4 is 11.6 Å². The van der Waals surface area contributed by atoms with Gasteiger partial charge in [-0.2, -0.15) is 0 Å². The van der Waals surface area contributed by atoms with Crippen molar-refractivity contribution in [2.45, 2.75) is 45.6 Å². The molecule has 0 radical (unpaired) electrons. The second-order valence-electron chi connectivity index (χ2n) is 5.07. The van der Waals surface area contributed by atoms with Crippen LogP contribution in [0, 0.1) is 5.92 Å². The van der Waals surface area contributed by atoms with E-state index in [2.05, 4.69) is 13.8 Å². The first-order chi connectivity index (χ1) is 7.42. The number of halogens is 1. The van der Waals surface area contributed by atoms with E-state index in [-0.39, 0.29) is 0 Å². The topological polar surface area (TPSA) is 20.2 Å². The molecule has 0 saturated carbocycles. The summed E-state index contributed by atoms with van der Waals surface area (Å²) in [5, 5.41) is 11.0. The van der Waals surface area contributed by atoms with Gasteiger partial charge in [0.2, 0.25) is 0 Å². The second kappa shape index (κ2) is 5.70. The summed E-state index contributed by atoms with van der Waals surface area (Å²) >= 11 is 5.92. The number of hydrogen-bond donors (Lipinski definition) is 1. The van der Waals surface area contributed by atoms with E-state index in [9.17, 15) is 5.11 Å². The molecular weight excluding hydrogens is 220 g/mol. The molecule has 0 fully saturated rings. The third-order valence-corrected chi connectivity index (χ3v) is 3.13. The summed E-state index contributed by atoms with van der Waals surface area (Å²) < 4.78 is 0. The smallest absolute Gasteiger partial charge is 0.0869 e. The summed E-state index contributed by atoms with van der Waals surface area (Å²) in [7, 11) is 0. The fraction of sp³-hybridized carbons (Fsp3) is 0.571. The molecule has 1 nitrogen and oxygen atoms in total. The number of hydrogen-bond acceptors (Lipinski definition) is 1. The molecule has 0 saturated heterocycles. The van der Waals surface area contributed by atoms with E-state index in [1.54, 1.807) is 0 Å². The molecule has 1 N–H and O–H groups in total. The first-order valence-electron chi connectivity index (χ1n) is 5.90. The van der Waals surface area contributed by atoms with Crippen LogP contribution in [0.4, 0.5) is 0 Å². The van der Waals surface area contributed by atoms with Crippen LogP contribution in [0.5, 0.6) is 0 Å². The van der Waals surface area contributed by atoms with Crippen molar-refractivity contribution in [1.82, 2.24) is 0 Å². The van der Waals surface area contributed by atoms with Crippen LogP contribution < -0.4 is 0 Å². The summed E-state index contributed by atoms with van der Waals surface area (Å²) in [5.41, 5.74) is 0.142. The normalized spacial score (nSPS) is 15.1. The second-order valence-corrected chi connectivity index (χ2v) is 5.51. The lowest BCUT2D eigenvalue weighted by atomic mass is 9.89. The van der Waals surface area contributed by atoms with Gasteiger partial charge in [0.05, 0.1) is 5.60 Å². The molecule has 16 heavy (non-hydrogen) atoms. The Labute approximate surface area is 103 Å². The lowest BCUT2D eigenvalue weighted by Gasteiger charge is -2.24. The van der Waals surface area contributed by atoms with Crippen molar-refractivity contribution in [2.75, 3.05) is 0 Å². The van der Waals surface area contributed by atoms with Crippen LogP contribution in [0.15, 0.2) is 24.3 Å². The SMILES string of the molecule is CC(C)CCCC(C)(O)c1cccc(Cl)c1. The Hall–Kier alpha value is -0.530. The first-order valence-corrected chi connectivity index (χ1v) is 6.28. The zero-order valence-electron chi connectivity index (χ0n) is 10.3. The van der Waals surface area contributed by atoms with Gasteiger partial charge in [-0.25, -0.2) is 0 Å². The first kappa shape index (κ1) is 13.5. The highest BCUT2D eigenvalue weighted by Gasteiger charge is 2.22. The van der Waals surface area contributed by atoms with Gasteiger partial charge in [0.25, 0.3) is 0 Å². The molecule has 2 heteroatoms. The summed E-state index contributed by atoms with van der Waals surface area (Å²) in [6.45, 7) is 6.27. The van der Waals surface area contributed by atoms with E-state index in [0.29, 0.717) is 10.9 Å². The largest absolute Gasteiger partial charge is 0.385 e. The van der Waals surface area contributed by atoms with Crippen LogP contribution in [-0.4, -0.2) is 5.11 Å². The van der Waals surface area contributed by atoms with Crippen LogP contribution >= 0.6 is 11.6 Å². The van der Waals surface area contributed by atoms with E-state index in [1.807, 2.05) is 31.2 Å². The fourth-order valence-electron chi connectivity index (χ4n) is 1.82. The molecule has 0 aliphatic heterocycles. The third kappa shape index (κ3) is 4.15. The highest BCUT2D eigenvalue weighted by molar-refractivity contribution is 6.30. The van der Waals surface area contributed by atoms with Crippen LogP contribution in [0.1, 0.15) is 45.6 Å². The van der Waals surface area contributed by atoms with Gasteiger partial charge in [0.15, 0.2) is 0 Å². The lowest BCUT2D eigenvalue weighted by molar-refractivity contribution is 0.0441. The van der Waals surface area contributed by atoms with Crippen molar-refractivity contribution in [2.24, 2.45) is 5.92 Å². The monoisotopic (exact) mass is 240 g/mol. The van der Waals surface area contributed by atoms with Gasteiger partial charge in [-0.1, -0.05) is 44.0 Å². The van der Waals surface area contributed by atoms with Crippen molar-refractivity contribution < 1.29 is 5.11 Å². The number of aliphatic hydroxyl groups is 1. The van der Waals surface area contributed by atoms with Crippen LogP contribution in [-0.2, 0) is 5.60 Å². The Morgan fingerprint density at radius 2 is 2.06 bits per heavy atom. The number of benzene rings is 1. The van der Waals surface area contributed by atoms with Gasteiger partial charge < -0.3 is 5.11 Å². The average Bonchev–Trinajstić information content (AvgIpc) is 2.16. The van der Waals surface area contributed by atoms with Crippen molar-refractivity contribution in [3.05, 3.63) is 34.9 Å². The average molecular weight is 241 g/mol. The summed E-state index contributed by atoms with van der Waals surface area (Å²) in [6, 6.07) is 7.49. The molecule has 0 spiro atoms. The molecule has 0 aliphatic rings. The van der Waals surface area contributed by atoms with E-state index in [4.69, 9.17) is 11.6 Å². The molecule has 1 aromatic rings. The fourth-order valence-corrected chi connectivity index (χ4v) is 2.01. The maximum Gasteiger partial charge on any atom is 0.0869 e. The van der Waals surface area contributed by atoms with Crippen molar-refractivity contribution in [3.63, 3.8) is 0 Å². The Balaban J connectivity index is 2.62. The van der Waals surface area contributed by atoms with Crippen LogP contribution in [0.25, 0.3) is 0 Å². The van der Waals surface area contributed by atoms with Gasteiger partial charge >= 0.3 is 0 Å². The van der Waals surface area contributed by atoms with Crippen LogP contribution in [0.2, 0.25) is 5.02 Å². The van der Waals surface area contributed by atoms with E-state index in [1.165, 1.54) is 0 Å². The van der Waals surface area contributed by atoms with E-state index < -0.39 is 5.60 Å². The molecule has 1 rings (SSSR count). The minimum absolute atomic E-state index is 0.682. The molecule has 1 atom stereocenters. The molecule has 0 aliphatic carbocycles. The van der Waals surface area contributed by atoms with E-state index >= 15 is 0 Å². The van der Waals surface area contributed by atoms with Gasteiger partial charge in [0.1, 0.15) is 0 Å². The molecular formula is C14H21ClO. The summed E-state index contributed by atoms with van der Waals surface area (Å²) in [5.74, 6) is 0.690. The molecule has 1 aromatic carbocycles. The van der Waals surface area contributed by atoms with Gasteiger partial charge in [-0.15, -0.1) is 0 Å². The highest BCUT2D eigenvalue weighted by Crippen LogP contribution is 2.28. The van der Waals surface area contributed by atoms with Gasteiger partial charge in [0, 0.05) is 5.02 Å². The zero-order valence-corrected chi connectivity index (χ0v) is 11.1. The van der Waals surface area contributed by atoms with Gasteiger partial charge in [-0.05, 0) is 43.4 Å². The van der Waals surface area contributed by atoms with E-state index in [0.717, 1.165) is 24.8 Å². The predicted octanol–water partition coefficient (Wildman–Crippen LogP) is 4.37. The lowest BCUT2D eigenvalue weighted by Crippen LogP contribution is -2.21. The van der Waals surface area contributed by atoms with Crippen LogP contribution in [0.3, 0.4) is 0 Å². The molecule has 0 aromatic heterocycles. The minimum Gasteiger partial charge on any atom is -0.385 e. The van der Waals surface area contributed by atoms with Crippen molar-refractivity contribution in [1.29, 1.82) is 0 Å².